The molecule has 5 rings (SSSR count). The molecule has 0 spiro atoms. The molecule has 1 saturated heterocycles. The number of hydrogen-bond acceptors (Lipinski definition) is 4. The fourth-order valence-corrected chi connectivity index (χ4v) is 4.70. The Kier molecular flexibility index (Phi) is 8.34. The zero-order valence-electron chi connectivity index (χ0n) is 22.1. The van der Waals surface area contributed by atoms with Crippen LogP contribution < -0.4 is 15.5 Å². The van der Waals surface area contributed by atoms with Crippen molar-refractivity contribution in [3.05, 3.63) is 131 Å². The average molecular weight is 555 g/mol. The lowest BCUT2D eigenvalue weighted by Crippen LogP contribution is -2.49. The summed E-state index contributed by atoms with van der Waals surface area (Å²) in [7, 11) is 0. The van der Waals surface area contributed by atoms with E-state index < -0.39 is 5.82 Å². The van der Waals surface area contributed by atoms with E-state index in [1.807, 2.05) is 11.0 Å². The van der Waals surface area contributed by atoms with Crippen molar-refractivity contribution in [3.63, 3.8) is 0 Å². The van der Waals surface area contributed by atoms with Crippen molar-refractivity contribution in [2.45, 2.75) is 6.54 Å². The summed E-state index contributed by atoms with van der Waals surface area (Å²) >= 11 is 0. The molecule has 0 unspecified atom stereocenters. The zero-order valence-corrected chi connectivity index (χ0v) is 22.1. The summed E-state index contributed by atoms with van der Waals surface area (Å²) in [5.41, 5.74) is 2.66. The predicted molar refractivity (Wildman–Crippen MR) is 153 cm³/mol. The van der Waals surface area contributed by atoms with Crippen LogP contribution in [0, 0.1) is 11.6 Å². The molecule has 3 amide bonds. The van der Waals surface area contributed by atoms with Crippen LogP contribution in [0.3, 0.4) is 0 Å². The molecule has 0 atom stereocenters. The maximum absolute atomic E-state index is 14.2. The molecule has 2 N–H and O–H groups in total. The van der Waals surface area contributed by atoms with E-state index in [2.05, 4.69) is 10.6 Å². The van der Waals surface area contributed by atoms with Crippen molar-refractivity contribution in [2.24, 2.45) is 0 Å². The number of halogens is 2. The molecule has 0 aliphatic carbocycles. The first-order chi connectivity index (χ1) is 19.9. The van der Waals surface area contributed by atoms with Crippen LogP contribution >= 0.6 is 0 Å². The Labute approximate surface area is 236 Å². The Balaban J connectivity index is 1.34. The number of anilines is 2. The Morgan fingerprint density at radius 1 is 0.707 bits per heavy atom. The Bertz CT molecular complexity index is 1550. The topological polar surface area (TPSA) is 81.8 Å². The summed E-state index contributed by atoms with van der Waals surface area (Å²) in [6, 6.07) is 25.6. The van der Waals surface area contributed by atoms with E-state index in [4.69, 9.17) is 0 Å². The van der Waals surface area contributed by atoms with Gasteiger partial charge in [0.15, 0.2) is 0 Å². The molecular weight excluding hydrogens is 526 g/mol. The monoisotopic (exact) mass is 554 g/mol. The van der Waals surface area contributed by atoms with Crippen LogP contribution in [-0.2, 0) is 6.54 Å². The maximum Gasteiger partial charge on any atom is 0.256 e. The molecule has 4 aromatic carbocycles. The highest BCUT2D eigenvalue weighted by Crippen LogP contribution is 2.27. The van der Waals surface area contributed by atoms with Crippen molar-refractivity contribution < 1.29 is 23.2 Å². The first-order valence-corrected chi connectivity index (χ1v) is 13.2. The van der Waals surface area contributed by atoms with Crippen molar-refractivity contribution in [1.82, 2.24) is 10.2 Å². The summed E-state index contributed by atoms with van der Waals surface area (Å²) in [6.07, 6.45) is 0. The average Bonchev–Trinajstić information content (AvgIpc) is 3.01. The van der Waals surface area contributed by atoms with Crippen LogP contribution in [0.4, 0.5) is 20.2 Å². The van der Waals surface area contributed by atoms with Gasteiger partial charge in [-0.25, -0.2) is 8.78 Å². The lowest BCUT2D eigenvalue weighted by molar-refractivity contribution is 0.0741. The molecule has 0 radical (unpaired) electrons. The second kappa shape index (κ2) is 12.4. The quantitative estimate of drug-likeness (QED) is 0.333. The Morgan fingerprint density at radius 2 is 1.39 bits per heavy atom. The Morgan fingerprint density at radius 3 is 2.10 bits per heavy atom. The summed E-state index contributed by atoms with van der Waals surface area (Å²) < 4.78 is 27.5. The summed E-state index contributed by atoms with van der Waals surface area (Å²) in [4.78, 5) is 42.6. The Hall–Kier alpha value is -5.05. The highest BCUT2D eigenvalue weighted by Gasteiger charge is 2.26. The normalized spacial score (nSPS) is 13.0. The van der Waals surface area contributed by atoms with E-state index in [0.717, 1.165) is 5.56 Å². The van der Waals surface area contributed by atoms with Gasteiger partial charge in [0, 0.05) is 49.7 Å². The van der Waals surface area contributed by atoms with E-state index in [-0.39, 0.29) is 35.6 Å². The minimum absolute atomic E-state index is 0.0281. The van der Waals surface area contributed by atoms with E-state index in [1.54, 1.807) is 71.6 Å². The molecule has 0 aromatic heterocycles. The predicted octanol–water partition coefficient (Wildman–Crippen LogP) is 5.11. The number of nitrogens with zero attached hydrogens (tertiary/aromatic N) is 2. The fourth-order valence-electron chi connectivity index (χ4n) is 4.70. The van der Waals surface area contributed by atoms with Crippen molar-refractivity contribution >= 4 is 29.1 Å². The number of carbonyl (C=O) groups excluding carboxylic acids is 3. The summed E-state index contributed by atoms with van der Waals surface area (Å²) in [5, 5.41) is 5.72. The smallest absolute Gasteiger partial charge is 0.256 e. The lowest BCUT2D eigenvalue weighted by atomic mass is 10.1. The minimum Gasteiger partial charge on any atom is -0.367 e. The molecule has 4 aromatic rings. The molecule has 1 aliphatic rings. The van der Waals surface area contributed by atoms with Gasteiger partial charge in [-0.3, -0.25) is 14.4 Å². The molecule has 1 aliphatic heterocycles. The number of rotatable bonds is 7. The second-order valence-electron chi connectivity index (χ2n) is 9.62. The second-order valence-corrected chi connectivity index (χ2v) is 9.62. The van der Waals surface area contributed by atoms with E-state index in [1.165, 1.54) is 24.3 Å². The third-order valence-corrected chi connectivity index (χ3v) is 6.91. The van der Waals surface area contributed by atoms with Gasteiger partial charge in [-0.05, 0) is 60.2 Å². The number of benzene rings is 4. The zero-order chi connectivity index (χ0) is 28.8. The molecule has 41 heavy (non-hydrogen) atoms. The first-order valence-electron chi connectivity index (χ1n) is 13.2. The fraction of sp³-hybridized carbons (Fsp3) is 0.156. The lowest BCUT2D eigenvalue weighted by Gasteiger charge is -2.37. The SMILES string of the molecule is O=C(Nc1ccc(N2CCN(C(=O)c3ccccc3F)CC2)c(C(=O)NCc2ccc(F)cc2)c1)c1ccccc1. The minimum atomic E-state index is -0.562. The van der Waals surface area contributed by atoms with Crippen LogP contribution in [0.5, 0.6) is 0 Å². The standard InChI is InChI=1S/C32H28F2N4O3/c33-24-12-10-22(11-13-24)21-35-31(40)27-20-25(36-30(39)23-6-2-1-3-7-23)14-15-29(27)37-16-18-38(19-17-37)32(41)26-8-4-5-9-28(26)34/h1-15,20H,16-19,21H2,(H,35,40)(H,36,39). The van der Waals surface area contributed by atoms with E-state index >= 15 is 0 Å². The third-order valence-electron chi connectivity index (χ3n) is 6.91. The van der Waals surface area contributed by atoms with Gasteiger partial charge in [0.1, 0.15) is 11.6 Å². The van der Waals surface area contributed by atoms with Gasteiger partial charge in [-0.1, -0.05) is 42.5 Å². The molecule has 9 heteroatoms. The highest BCUT2D eigenvalue weighted by molar-refractivity contribution is 6.06. The molecule has 1 fully saturated rings. The van der Waals surface area contributed by atoms with Crippen molar-refractivity contribution in [2.75, 3.05) is 36.4 Å². The van der Waals surface area contributed by atoms with Crippen LogP contribution in [0.25, 0.3) is 0 Å². The highest BCUT2D eigenvalue weighted by atomic mass is 19.1. The van der Waals surface area contributed by atoms with Gasteiger partial charge in [0.25, 0.3) is 17.7 Å². The van der Waals surface area contributed by atoms with Crippen molar-refractivity contribution in [3.8, 4) is 0 Å². The molecule has 0 bridgehead atoms. The van der Waals surface area contributed by atoms with E-state index in [9.17, 15) is 23.2 Å². The van der Waals surface area contributed by atoms with Gasteiger partial charge in [-0.15, -0.1) is 0 Å². The molecular formula is C32H28F2N4O3. The maximum atomic E-state index is 14.2. The number of carbonyl (C=O) groups is 3. The van der Waals surface area contributed by atoms with Crippen molar-refractivity contribution in [1.29, 1.82) is 0 Å². The molecule has 0 saturated carbocycles. The van der Waals surface area contributed by atoms with Crippen LogP contribution in [0.1, 0.15) is 36.6 Å². The van der Waals surface area contributed by atoms with Crippen LogP contribution in [0.15, 0.2) is 97.1 Å². The van der Waals surface area contributed by atoms with Crippen LogP contribution in [-0.4, -0.2) is 48.8 Å². The summed E-state index contributed by atoms with van der Waals surface area (Å²) in [6.45, 7) is 1.72. The number of amides is 3. The molecule has 208 valence electrons. The first kappa shape index (κ1) is 27.5. The molecule has 7 nitrogen and oxygen atoms in total. The summed E-state index contributed by atoms with van der Waals surface area (Å²) in [5.74, 6) is -1.98. The number of hydrogen-bond donors (Lipinski definition) is 2. The molecule has 1 heterocycles. The number of piperazine rings is 1. The van der Waals surface area contributed by atoms with Gasteiger partial charge in [-0.2, -0.15) is 0 Å². The van der Waals surface area contributed by atoms with Gasteiger partial charge in [0.2, 0.25) is 0 Å². The van der Waals surface area contributed by atoms with Crippen LogP contribution in [0.2, 0.25) is 0 Å². The number of nitrogens with one attached hydrogen (secondary N) is 2. The van der Waals surface area contributed by atoms with Gasteiger partial charge >= 0.3 is 0 Å². The largest absolute Gasteiger partial charge is 0.367 e. The third kappa shape index (κ3) is 6.58. The van der Waals surface area contributed by atoms with E-state index in [0.29, 0.717) is 48.7 Å². The van der Waals surface area contributed by atoms with Gasteiger partial charge < -0.3 is 20.4 Å². The van der Waals surface area contributed by atoms with Gasteiger partial charge in [0.05, 0.1) is 11.1 Å².